The minimum absolute atomic E-state index is 0.849. The third-order valence-electron chi connectivity index (χ3n) is 3.17. The molecule has 2 heterocycles. The second-order valence-electron chi connectivity index (χ2n) is 4.75. The second-order valence-corrected chi connectivity index (χ2v) is 7.35. The summed E-state index contributed by atoms with van der Waals surface area (Å²) in [5.41, 5.74) is 2.38. The quantitative estimate of drug-likeness (QED) is 0.736. The van der Waals surface area contributed by atoms with Crippen molar-refractivity contribution in [3.8, 4) is 0 Å². The molecule has 0 spiro atoms. The highest BCUT2D eigenvalue weighted by atomic mass is 79.9. The van der Waals surface area contributed by atoms with Crippen LogP contribution in [0.2, 0.25) is 4.34 Å². The third kappa shape index (κ3) is 3.64. The maximum Gasteiger partial charge on any atom is 0.0931 e. The average Bonchev–Trinajstić information content (AvgIpc) is 2.95. The highest BCUT2D eigenvalue weighted by Gasteiger charge is 2.15. The Kier molecular flexibility index (Phi) is 5.66. The maximum absolute atomic E-state index is 5.98. The van der Waals surface area contributed by atoms with Crippen LogP contribution in [-0.2, 0) is 26.1 Å². The lowest BCUT2D eigenvalue weighted by atomic mass is 10.3. The molecule has 0 N–H and O–H groups in total. The number of aromatic nitrogens is 2. The van der Waals surface area contributed by atoms with Gasteiger partial charge in [-0.1, -0.05) is 18.5 Å². The summed E-state index contributed by atoms with van der Waals surface area (Å²) in [6.45, 7) is 6.93. The molecule has 0 saturated carbocycles. The Bertz CT molecular complexity index is 579. The number of hydrogen-bond acceptors (Lipinski definition) is 3. The number of rotatable bonds is 6. The van der Waals surface area contributed by atoms with E-state index in [2.05, 4.69) is 57.6 Å². The maximum atomic E-state index is 5.98. The number of aryl methyl sites for hydroxylation is 2. The van der Waals surface area contributed by atoms with Gasteiger partial charge >= 0.3 is 0 Å². The molecule has 2 aromatic rings. The molecule has 0 saturated heterocycles. The fraction of sp³-hybridized carbons (Fsp3) is 0.500. The van der Waals surface area contributed by atoms with Crippen molar-refractivity contribution in [2.45, 2.75) is 39.9 Å². The first-order valence-corrected chi connectivity index (χ1v) is 8.70. The molecular weight excluding hydrogens is 358 g/mol. The smallest absolute Gasteiger partial charge is 0.0931 e. The Labute approximate surface area is 137 Å². The summed E-state index contributed by atoms with van der Waals surface area (Å²) in [4.78, 5) is 3.57. The van der Waals surface area contributed by atoms with Gasteiger partial charge in [-0.05, 0) is 48.5 Å². The van der Waals surface area contributed by atoms with E-state index in [1.807, 2.05) is 6.07 Å². The van der Waals surface area contributed by atoms with E-state index in [1.54, 1.807) is 11.3 Å². The zero-order chi connectivity index (χ0) is 14.7. The molecule has 0 radical (unpaired) electrons. The molecule has 0 bridgehead atoms. The zero-order valence-electron chi connectivity index (χ0n) is 12.0. The van der Waals surface area contributed by atoms with Gasteiger partial charge in [0, 0.05) is 24.5 Å². The zero-order valence-corrected chi connectivity index (χ0v) is 15.1. The molecule has 20 heavy (non-hydrogen) atoms. The van der Waals surface area contributed by atoms with Gasteiger partial charge in [0.15, 0.2) is 0 Å². The van der Waals surface area contributed by atoms with E-state index < -0.39 is 0 Å². The van der Waals surface area contributed by atoms with Crippen molar-refractivity contribution in [1.29, 1.82) is 0 Å². The van der Waals surface area contributed by atoms with Crippen LogP contribution in [0.15, 0.2) is 16.6 Å². The first-order chi connectivity index (χ1) is 9.55. The van der Waals surface area contributed by atoms with Crippen LogP contribution in [0.1, 0.15) is 30.1 Å². The van der Waals surface area contributed by atoms with E-state index in [-0.39, 0.29) is 0 Å². The summed E-state index contributed by atoms with van der Waals surface area (Å²) in [5, 5.41) is 4.64. The van der Waals surface area contributed by atoms with Gasteiger partial charge in [-0.2, -0.15) is 5.10 Å². The summed E-state index contributed by atoms with van der Waals surface area (Å²) in [6, 6.07) is 4.05. The van der Waals surface area contributed by atoms with Crippen molar-refractivity contribution < 1.29 is 0 Å². The van der Waals surface area contributed by atoms with Crippen LogP contribution in [0, 0.1) is 0 Å². The van der Waals surface area contributed by atoms with Gasteiger partial charge in [0.1, 0.15) is 0 Å². The molecule has 0 unspecified atom stereocenters. The van der Waals surface area contributed by atoms with Crippen LogP contribution in [0.4, 0.5) is 0 Å². The Morgan fingerprint density at radius 2 is 2.10 bits per heavy atom. The topological polar surface area (TPSA) is 21.1 Å². The molecule has 110 valence electrons. The molecular formula is C14H19BrClN3S. The van der Waals surface area contributed by atoms with Crippen molar-refractivity contribution in [2.24, 2.45) is 0 Å². The first-order valence-electron chi connectivity index (χ1n) is 6.71. The van der Waals surface area contributed by atoms with Gasteiger partial charge in [-0.15, -0.1) is 11.3 Å². The minimum atomic E-state index is 0.849. The van der Waals surface area contributed by atoms with Crippen LogP contribution in [0.3, 0.4) is 0 Å². The van der Waals surface area contributed by atoms with Gasteiger partial charge in [0.2, 0.25) is 0 Å². The predicted octanol–water partition coefficient (Wildman–Crippen LogP) is 4.57. The number of thiophene rings is 1. The van der Waals surface area contributed by atoms with Crippen molar-refractivity contribution >= 4 is 38.9 Å². The highest BCUT2D eigenvalue weighted by Crippen LogP contribution is 2.26. The van der Waals surface area contributed by atoms with Gasteiger partial charge in [-0.3, -0.25) is 9.58 Å². The molecule has 2 aromatic heterocycles. The van der Waals surface area contributed by atoms with Crippen molar-refractivity contribution in [3.05, 3.63) is 37.2 Å². The monoisotopic (exact) mass is 375 g/mol. The molecule has 0 aromatic carbocycles. The van der Waals surface area contributed by atoms with Crippen LogP contribution in [-0.4, -0.2) is 21.7 Å². The highest BCUT2D eigenvalue weighted by molar-refractivity contribution is 9.10. The lowest BCUT2D eigenvalue weighted by molar-refractivity contribution is 0.309. The molecule has 0 aliphatic rings. The van der Waals surface area contributed by atoms with E-state index >= 15 is 0 Å². The first kappa shape index (κ1) is 16.0. The lowest BCUT2D eigenvalue weighted by Gasteiger charge is -2.16. The standard InChI is InChI=1S/C14H19BrClN3S/c1-4-11-14(15)12(19(5-2)17-11)9-18(3)8-10-6-7-13(16)20-10/h6-7H,4-5,8-9H2,1-3H3. The van der Waals surface area contributed by atoms with E-state index in [0.29, 0.717) is 0 Å². The Morgan fingerprint density at radius 1 is 1.35 bits per heavy atom. The van der Waals surface area contributed by atoms with E-state index in [1.165, 1.54) is 10.6 Å². The summed E-state index contributed by atoms with van der Waals surface area (Å²) < 4.78 is 4.08. The van der Waals surface area contributed by atoms with Gasteiger partial charge in [-0.25, -0.2) is 0 Å². The van der Waals surface area contributed by atoms with Gasteiger partial charge in [0.05, 0.1) is 20.2 Å². The number of halogens is 2. The van der Waals surface area contributed by atoms with E-state index in [4.69, 9.17) is 11.6 Å². The Hall–Kier alpha value is -0.360. The van der Waals surface area contributed by atoms with E-state index in [0.717, 1.165) is 40.6 Å². The molecule has 0 aliphatic carbocycles. The Morgan fingerprint density at radius 3 is 2.65 bits per heavy atom. The van der Waals surface area contributed by atoms with Crippen LogP contribution in [0.25, 0.3) is 0 Å². The van der Waals surface area contributed by atoms with Crippen LogP contribution >= 0.6 is 38.9 Å². The molecule has 0 atom stereocenters. The average molecular weight is 377 g/mol. The molecule has 6 heteroatoms. The summed E-state index contributed by atoms with van der Waals surface area (Å²) in [5.74, 6) is 0. The van der Waals surface area contributed by atoms with E-state index in [9.17, 15) is 0 Å². The SMILES string of the molecule is CCc1nn(CC)c(CN(C)Cc2ccc(Cl)s2)c1Br. The third-order valence-corrected chi connectivity index (χ3v) is 5.30. The fourth-order valence-electron chi connectivity index (χ4n) is 2.18. The fourth-order valence-corrected chi connectivity index (χ4v) is 4.04. The van der Waals surface area contributed by atoms with Crippen LogP contribution < -0.4 is 0 Å². The van der Waals surface area contributed by atoms with Crippen molar-refractivity contribution in [2.75, 3.05) is 7.05 Å². The summed E-state index contributed by atoms with van der Waals surface area (Å²) in [7, 11) is 2.12. The predicted molar refractivity (Wildman–Crippen MR) is 89.5 cm³/mol. The largest absolute Gasteiger partial charge is 0.295 e. The minimum Gasteiger partial charge on any atom is -0.295 e. The Balaban J connectivity index is 2.10. The van der Waals surface area contributed by atoms with Crippen molar-refractivity contribution in [3.63, 3.8) is 0 Å². The van der Waals surface area contributed by atoms with Crippen molar-refractivity contribution in [1.82, 2.24) is 14.7 Å². The van der Waals surface area contributed by atoms with Crippen LogP contribution in [0.5, 0.6) is 0 Å². The number of nitrogens with zero attached hydrogens (tertiary/aromatic N) is 3. The molecule has 2 rings (SSSR count). The molecule has 0 amide bonds. The summed E-state index contributed by atoms with van der Waals surface area (Å²) >= 11 is 11.3. The summed E-state index contributed by atoms with van der Waals surface area (Å²) in [6.07, 6.45) is 0.949. The van der Waals surface area contributed by atoms with Gasteiger partial charge in [0.25, 0.3) is 0 Å². The lowest BCUT2D eigenvalue weighted by Crippen LogP contribution is -2.19. The molecule has 0 fully saturated rings. The second kappa shape index (κ2) is 7.07. The number of hydrogen-bond donors (Lipinski definition) is 0. The molecule has 3 nitrogen and oxygen atoms in total. The molecule has 0 aliphatic heterocycles. The van der Waals surface area contributed by atoms with Gasteiger partial charge < -0.3 is 0 Å². The normalized spacial score (nSPS) is 11.5.